The molecule has 0 unspecified atom stereocenters. The van der Waals surface area contributed by atoms with Gasteiger partial charge in [0, 0.05) is 0 Å². The smallest absolute Gasteiger partial charge is 0.0894 e. The zero-order valence-electron chi connectivity index (χ0n) is 7.18. The van der Waals surface area contributed by atoms with Crippen molar-refractivity contribution in [2.75, 3.05) is 6.67 Å². The lowest BCUT2D eigenvalue weighted by molar-refractivity contribution is 0.406. The molecule has 1 nitrogen and oxygen atoms in total. The van der Waals surface area contributed by atoms with E-state index < -0.39 is 0 Å². The minimum absolute atomic E-state index is 0.145. The molecular formula is C9H17FO. The van der Waals surface area contributed by atoms with E-state index in [1.807, 2.05) is 0 Å². The number of ether oxygens (including phenoxy) is 1. The third-order valence-electron chi connectivity index (χ3n) is 0.930. The van der Waals surface area contributed by atoms with Crippen molar-refractivity contribution in [3.05, 3.63) is 25.7 Å². The van der Waals surface area contributed by atoms with Crippen LogP contribution < -0.4 is 0 Å². The number of hydrogen-bond donors (Lipinski definition) is 0. The average Bonchev–Trinajstić information content (AvgIpc) is 2.04. The minimum atomic E-state index is -0.145. The molecule has 0 heterocycles. The van der Waals surface area contributed by atoms with Gasteiger partial charge in [0.25, 0.3) is 0 Å². The molecular weight excluding hydrogens is 143 g/mol. The van der Waals surface area contributed by atoms with Crippen LogP contribution in [0.2, 0.25) is 0 Å². The summed E-state index contributed by atoms with van der Waals surface area (Å²) in [6, 6.07) is 0. The largest absolute Gasteiger partial charge is 0.474 e. The van der Waals surface area contributed by atoms with Crippen molar-refractivity contribution < 1.29 is 9.13 Å². The molecule has 0 aliphatic heterocycles. The Morgan fingerprint density at radius 1 is 1.27 bits per heavy atom. The molecule has 0 aromatic rings. The highest BCUT2D eigenvalue weighted by atomic mass is 19.1. The molecule has 0 saturated heterocycles. The predicted molar refractivity (Wildman–Crippen MR) is 47.0 cm³/mol. The summed E-state index contributed by atoms with van der Waals surface area (Å²) < 4.78 is 15.5. The van der Waals surface area contributed by atoms with Crippen LogP contribution in [0.15, 0.2) is 25.7 Å². The molecule has 0 aromatic carbocycles. The Labute approximate surface area is 68.6 Å². The van der Waals surface area contributed by atoms with E-state index in [2.05, 4.69) is 24.8 Å². The van der Waals surface area contributed by atoms with Crippen molar-refractivity contribution in [2.45, 2.75) is 26.2 Å². The highest BCUT2D eigenvalue weighted by Gasteiger charge is 1.78. The van der Waals surface area contributed by atoms with Gasteiger partial charge in [-0.3, -0.25) is 4.39 Å². The lowest BCUT2D eigenvalue weighted by Crippen LogP contribution is -1.72. The molecule has 0 spiro atoms. The molecule has 11 heavy (non-hydrogen) atoms. The monoisotopic (exact) mass is 160 g/mol. The Kier molecular flexibility index (Phi) is 18.8. The third kappa shape index (κ3) is 27.0. The number of alkyl halides is 1. The van der Waals surface area contributed by atoms with Gasteiger partial charge in [-0.15, -0.1) is 0 Å². The molecule has 0 amide bonds. The quantitative estimate of drug-likeness (QED) is 0.442. The fourth-order valence-corrected chi connectivity index (χ4v) is 0.413. The molecule has 0 bridgehead atoms. The van der Waals surface area contributed by atoms with Gasteiger partial charge in [0.15, 0.2) is 0 Å². The fraction of sp³-hybridized carbons (Fsp3) is 0.556. The summed E-state index contributed by atoms with van der Waals surface area (Å²) in [5.74, 6) is 0. The molecule has 0 aliphatic rings. The Balaban J connectivity index is 0. The van der Waals surface area contributed by atoms with Crippen molar-refractivity contribution in [1.82, 2.24) is 0 Å². The van der Waals surface area contributed by atoms with Crippen molar-refractivity contribution in [3.63, 3.8) is 0 Å². The summed E-state index contributed by atoms with van der Waals surface area (Å²) in [4.78, 5) is 0. The minimum Gasteiger partial charge on any atom is -0.474 e. The van der Waals surface area contributed by atoms with E-state index in [0.29, 0.717) is 0 Å². The first kappa shape index (κ1) is 12.8. The number of hydrogen-bond acceptors (Lipinski definition) is 1. The molecule has 0 radical (unpaired) electrons. The van der Waals surface area contributed by atoms with E-state index in [4.69, 9.17) is 0 Å². The zero-order valence-corrected chi connectivity index (χ0v) is 7.18. The first-order valence-corrected chi connectivity index (χ1v) is 3.76. The van der Waals surface area contributed by atoms with Crippen LogP contribution in [0, 0.1) is 0 Å². The maximum atomic E-state index is 11.2. The van der Waals surface area contributed by atoms with Crippen LogP contribution >= 0.6 is 0 Å². The second kappa shape index (κ2) is 16.1. The molecule has 0 N–H and O–H groups in total. The van der Waals surface area contributed by atoms with Crippen LogP contribution in [0.25, 0.3) is 0 Å². The topological polar surface area (TPSA) is 9.23 Å². The van der Waals surface area contributed by atoms with Gasteiger partial charge in [-0.1, -0.05) is 32.9 Å². The SMILES string of the molecule is C=COC=C.CCCCCF. The number of unbranched alkanes of at least 4 members (excludes halogenated alkanes) is 2. The van der Waals surface area contributed by atoms with Crippen LogP contribution in [-0.2, 0) is 4.74 Å². The van der Waals surface area contributed by atoms with Gasteiger partial charge >= 0.3 is 0 Å². The normalized spacial score (nSPS) is 7.45. The van der Waals surface area contributed by atoms with Gasteiger partial charge in [-0.25, -0.2) is 0 Å². The van der Waals surface area contributed by atoms with Crippen LogP contribution in [0.1, 0.15) is 26.2 Å². The summed E-state index contributed by atoms with van der Waals surface area (Å²) in [5, 5.41) is 0. The van der Waals surface area contributed by atoms with Crippen LogP contribution in [0.4, 0.5) is 4.39 Å². The highest BCUT2D eigenvalue weighted by Crippen LogP contribution is 1.91. The lowest BCUT2D eigenvalue weighted by atomic mass is 10.3. The Morgan fingerprint density at radius 2 is 1.82 bits per heavy atom. The van der Waals surface area contributed by atoms with Gasteiger partial charge in [0.05, 0.1) is 19.2 Å². The molecule has 0 saturated carbocycles. The van der Waals surface area contributed by atoms with E-state index in [0.717, 1.165) is 19.3 Å². The summed E-state index contributed by atoms with van der Waals surface area (Å²) >= 11 is 0. The maximum absolute atomic E-state index is 11.2. The van der Waals surface area contributed by atoms with Crippen molar-refractivity contribution in [2.24, 2.45) is 0 Å². The second-order valence-corrected chi connectivity index (χ2v) is 1.87. The molecule has 0 aliphatic carbocycles. The summed E-state index contributed by atoms with van der Waals surface area (Å²) in [7, 11) is 0. The first-order valence-electron chi connectivity index (χ1n) is 3.76. The summed E-state index contributed by atoms with van der Waals surface area (Å²) in [6.07, 6.45) is 5.52. The molecule has 2 heteroatoms. The van der Waals surface area contributed by atoms with Crippen LogP contribution in [0.5, 0.6) is 0 Å². The number of halogens is 1. The average molecular weight is 160 g/mol. The van der Waals surface area contributed by atoms with E-state index >= 15 is 0 Å². The highest BCUT2D eigenvalue weighted by molar-refractivity contribution is 4.57. The Morgan fingerprint density at radius 3 is 1.91 bits per heavy atom. The van der Waals surface area contributed by atoms with E-state index in [9.17, 15) is 4.39 Å². The molecule has 66 valence electrons. The third-order valence-corrected chi connectivity index (χ3v) is 0.930. The summed E-state index contributed by atoms with van der Waals surface area (Å²) in [5.41, 5.74) is 0. The maximum Gasteiger partial charge on any atom is 0.0894 e. The first-order chi connectivity index (χ1) is 5.33. The lowest BCUT2D eigenvalue weighted by Gasteiger charge is -1.84. The fourth-order valence-electron chi connectivity index (χ4n) is 0.413. The van der Waals surface area contributed by atoms with Crippen molar-refractivity contribution in [1.29, 1.82) is 0 Å². The van der Waals surface area contributed by atoms with Gasteiger partial charge in [0.1, 0.15) is 0 Å². The van der Waals surface area contributed by atoms with Crippen molar-refractivity contribution in [3.8, 4) is 0 Å². The standard InChI is InChI=1S/C5H11F.C4H6O/c1-2-3-4-5-6;1-3-5-4-2/h2-5H2,1H3;3-4H,1-2H2. The van der Waals surface area contributed by atoms with Crippen LogP contribution in [0.3, 0.4) is 0 Å². The number of rotatable bonds is 5. The molecule has 0 fully saturated rings. The summed E-state index contributed by atoms with van der Waals surface area (Å²) in [6.45, 7) is 8.43. The molecule has 0 aromatic heterocycles. The molecule has 0 atom stereocenters. The van der Waals surface area contributed by atoms with E-state index in [1.54, 1.807) is 0 Å². The van der Waals surface area contributed by atoms with Gasteiger partial charge in [-0.2, -0.15) is 0 Å². The van der Waals surface area contributed by atoms with E-state index in [-0.39, 0.29) is 6.67 Å². The van der Waals surface area contributed by atoms with Crippen LogP contribution in [-0.4, -0.2) is 6.67 Å². The van der Waals surface area contributed by atoms with Gasteiger partial charge < -0.3 is 4.74 Å². The Bertz CT molecular complexity index is 71.6. The second-order valence-electron chi connectivity index (χ2n) is 1.87. The Hall–Kier alpha value is -0.790. The van der Waals surface area contributed by atoms with Gasteiger partial charge in [0.2, 0.25) is 0 Å². The predicted octanol–water partition coefficient (Wildman–Crippen LogP) is 3.44. The van der Waals surface area contributed by atoms with Crippen molar-refractivity contribution >= 4 is 0 Å². The zero-order chi connectivity index (χ0) is 8.95. The van der Waals surface area contributed by atoms with Gasteiger partial charge in [-0.05, 0) is 6.42 Å². The van der Waals surface area contributed by atoms with E-state index in [1.165, 1.54) is 12.5 Å². The molecule has 0 rings (SSSR count).